The highest BCUT2D eigenvalue weighted by atomic mass is 31.2. The molecule has 0 fully saturated rings. The molecule has 1 aromatic heterocycles. The lowest BCUT2D eigenvalue weighted by Gasteiger charge is -2.09. The number of ketones is 1. The standard InChI is InChI=1S/C8H11O5P/c1-6(9)7-4-5-8(13-7)14(10,11-2)12-3/h4-5H,1-3H3. The highest BCUT2D eigenvalue weighted by molar-refractivity contribution is 7.61. The van der Waals surface area contributed by atoms with Gasteiger partial charge in [-0.3, -0.25) is 9.36 Å². The van der Waals surface area contributed by atoms with Gasteiger partial charge >= 0.3 is 7.60 Å². The highest BCUT2D eigenvalue weighted by Crippen LogP contribution is 2.45. The zero-order valence-electron chi connectivity index (χ0n) is 8.14. The molecule has 14 heavy (non-hydrogen) atoms. The molecule has 0 aliphatic carbocycles. The van der Waals surface area contributed by atoms with Gasteiger partial charge in [-0.25, -0.2) is 0 Å². The van der Waals surface area contributed by atoms with E-state index in [1.807, 2.05) is 0 Å². The maximum absolute atomic E-state index is 11.7. The molecule has 0 bridgehead atoms. The van der Waals surface area contributed by atoms with E-state index in [2.05, 4.69) is 0 Å². The van der Waals surface area contributed by atoms with Crippen molar-refractivity contribution in [1.29, 1.82) is 0 Å². The Morgan fingerprint density at radius 2 is 1.93 bits per heavy atom. The average Bonchev–Trinajstić information content (AvgIpc) is 2.66. The third-order valence-electron chi connectivity index (χ3n) is 1.69. The van der Waals surface area contributed by atoms with Crippen LogP contribution >= 0.6 is 7.60 Å². The van der Waals surface area contributed by atoms with Crippen molar-refractivity contribution in [2.24, 2.45) is 0 Å². The lowest BCUT2D eigenvalue weighted by Crippen LogP contribution is -2.04. The summed E-state index contributed by atoms with van der Waals surface area (Å²) in [7, 11) is -0.871. The topological polar surface area (TPSA) is 65.7 Å². The van der Waals surface area contributed by atoms with Crippen molar-refractivity contribution in [2.75, 3.05) is 14.2 Å². The van der Waals surface area contributed by atoms with E-state index in [-0.39, 0.29) is 17.0 Å². The van der Waals surface area contributed by atoms with Gasteiger partial charge in [0.1, 0.15) is 0 Å². The minimum absolute atomic E-state index is 0.0349. The van der Waals surface area contributed by atoms with Crippen LogP contribution in [0.3, 0.4) is 0 Å². The van der Waals surface area contributed by atoms with Crippen LogP contribution in [0.2, 0.25) is 0 Å². The van der Waals surface area contributed by atoms with Crippen molar-refractivity contribution in [2.45, 2.75) is 6.92 Å². The molecule has 0 atom stereocenters. The van der Waals surface area contributed by atoms with Gasteiger partial charge in [0.2, 0.25) is 5.50 Å². The smallest absolute Gasteiger partial charge is 0.395 e. The summed E-state index contributed by atoms with van der Waals surface area (Å²) in [5.41, 5.74) is 0.0349. The zero-order valence-corrected chi connectivity index (χ0v) is 9.04. The summed E-state index contributed by atoms with van der Waals surface area (Å²) in [6.07, 6.45) is 0. The van der Waals surface area contributed by atoms with E-state index < -0.39 is 7.60 Å². The van der Waals surface area contributed by atoms with Gasteiger partial charge in [0, 0.05) is 21.1 Å². The Balaban J connectivity index is 3.08. The molecule has 1 aromatic rings. The van der Waals surface area contributed by atoms with E-state index >= 15 is 0 Å². The number of hydrogen-bond donors (Lipinski definition) is 0. The van der Waals surface area contributed by atoms with Gasteiger partial charge in [-0.15, -0.1) is 0 Å². The zero-order chi connectivity index (χ0) is 10.8. The third kappa shape index (κ3) is 1.95. The summed E-state index contributed by atoms with van der Waals surface area (Å²) in [5.74, 6) is -0.107. The van der Waals surface area contributed by atoms with Gasteiger partial charge in [-0.1, -0.05) is 0 Å². The van der Waals surface area contributed by atoms with Gasteiger partial charge in [0.15, 0.2) is 11.5 Å². The van der Waals surface area contributed by atoms with E-state index in [1.165, 1.54) is 33.3 Å². The summed E-state index contributed by atoms with van der Waals surface area (Å²) >= 11 is 0. The molecular formula is C8H11O5P. The van der Waals surface area contributed by atoms with Gasteiger partial charge in [0.25, 0.3) is 0 Å². The normalized spacial score (nSPS) is 11.6. The van der Waals surface area contributed by atoms with Crippen LogP contribution in [0.4, 0.5) is 0 Å². The molecule has 0 unspecified atom stereocenters. The molecule has 0 aliphatic rings. The Morgan fingerprint density at radius 1 is 1.36 bits per heavy atom. The maximum atomic E-state index is 11.7. The monoisotopic (exact) mass is 218 g/mol. The van der Waals surface area contributed by atoms with Gasteiger partial charge < -0.3 is 13.5 Å². The first-order valence-electron chi connectivity index (χ1n) is 3.86. The van der Waals surface area contributed by atoms with Crippen LogP contribution in [0.1, 0.15) is 17.5 Å². The van der Waals surface area contributed by atoms with Crippen molar-refractivity contribution >= 4 is 18.9 Å². The summed E-state index contributed by atoms with van der Waals surface area (Å²) in [6.45, 7) is 1.35. The molecule has 0 amide bonds. The van der Waals surface area contributed by atoms with Crippen LogP contribution in [0.25, 0.3) is 0 Å². The number of Topliss-reactive ketones (excluding diaryl/α,β-unsaturated/α-hetero) is 1. The van der Waals surface area contributed by atoms with E-state index in [4.69, 9.17) is 13.5 Å². The highest BCUT2D eigenvalue weighted by Gasteiger charge is 2.29. The minimum Gasteiger partial charge on any atom is -0.445 e. The van der Waals surface area contributed by atoms with E-state index in [9.17, 15) is 9.36 Å². The predicted molar refractivity (Wildman–Crippen MR) is 50.0 cm³/mol. The van der Waals surface area contributed by atoms with Crippen LogP contribution in [0, 0.1) is 0 Å². The largest absolute Gasteiger partial charge is 0.445 e. The molecule has 6 heteroatoms. The molecule has 78 valence electrons. The molecular weight excluding hydrogens is 207 g/mol. The molecule has 1 heterocycles. The number of carbonyl (C=O) groups excluding carboxylic acids is 1. The average molecular weight is 218 g/mol. The van der Waals surface area contributed by atoms with Crippen LogP contribution in [0.15, 0.2) is 16.5 Å². The molecule has 0 aliphatic heterocycles. The second-order valence-corrected chi connectivity index (χ2v) is 4.72. The van der Waals surface area contributed by atoms with E-state index in [0.717, 1.165) is 0 Å². The van der Waals surface area contributed by atoms with Gasteiger partial charge in [0.05, 0.1) is 0 Å². The minimum atomic E-state index is -3.37. The molecule has 0 N–H and O–H groups in total. The van der Waals surface area contributed by atoms with Crippen LogP contribution in [-0.4, -0.2) is 20.0 Å². The fourth-order valence-corrected chi connectivity index (χ4v) is 1.89. The van der Waals surface area contributed by atoms with Crippen LogP contribution < -0.4 is 5.50 Å². The fourth-order valence-electron chi connectivity index (χ4n) is 0.919. The van der Waals surface area contributed by atoms with E-state index in [0.29, 0.717) is 0 Å². The Kier molecular flexibility index (Phi) is 3.26. The number of rotatable bonds is 4. The molecule has 0 aromatic carbocycles. The molecule has 5 nitrogen and oxygen atoms in total. The molecule has 1 rings (SSSR count). The lowest BCUT2D eigenvalue weighted by molar-refractivity contribution is 0.0988. The second-order valence-electron chi connectivity index (χ2n) is 2.56. The number of carbonyl (C=O) groups is 1. The fraction of sp³-hybridized carbons (Fsp3) is 0.375. The Bertz CT molecular complexity index is 373. The number of hydrogen-bond acceptors (Lipinski definition) is 5. The van der Waals surface area contributed by atoms with Gasteiger partial charge in [-0.05, 0) is 12.1 Å². The SMILES string of the molecule is COP(=O)(OC)c1ccc(C(C)=O)o1. The summed E-state index contributed by atoms with van der Waals surface area (Å²) < 4.78 is 26.2. The molecule has 0 spiro atoms. The van der Waals surface area contributed by atoms with Gasteiger partial charge in [-0.2, -0.15) is 0 Å². The van der Waals surface area contributed by atoms with E-state index in [1.54, 1.807) is 0 Å². The second kappa shape index (κ2) is 4.09. The Labute approximate surface area is 81.5 Å². The van der Waals surface area contributed by atoms with Crippen molar-refractivity contribution < 1.29 is 22.8 Å². The summed E-state index contributed by atoms with van der Waals surface area (Å²) in [5, 5.41) is 0. The van der Waals surface area contributed by atoms with Crippen LogP contribution in [-0.2, 0) is 13.6 Å². The molecule has 0 radical (unpaired) electrons. The first-order valence-corrected chi connectivity index (χ1v) is 5.40. The quantitative estimate of drug-likeness (QED) is 0.567. The molecule has 0 saturated carbocycles. The summed E-state index contributed by atoms with van der Waals surface area (Å²) in [4.78, 5) is 10.9. The first-order chi connectivity index (χ1) is 6.53. The first kappa shape index (κ1) is 11.2. The van der Waals surface area contributed by atoms with Crippen LogP contribution in [0.5, 0.6) is 0 Å². The lowest BCUT2D eigenvalue weighted by atomic mass is 10.3. The third-order valence-corrected chi connectivity index (χ3v) is 3.43. The Hall–Kier alpha value is -0.900. The number of furan rings is 1. The van der Waals surface area contributed by atoms with Crippen molar-refractivity contribution in [3.8, 4) is 0 Å². The molecule has 0 saturated heterocycles. The van der Waals surface area contributed by atoms with Crippen molar-refractivity contribution in [3.63, 3.8) is 0 Å². The van der Waals surface area contributed by atoms with Crippen molar-refractivity contribution in [1.82, 2.24) is 0 Å². The van der Waals surface area contributed by atoms with Crippen molar-refractivity contribution in [3.05, 3.63) is 17.9 Å². The summed E-state index contributed by atoms with van der Waals surface area (Å²) in [6, 6.07) is 2.84. The maximum Gasteiger partial charge on any atom is 0.395 e. The predicted octanol–water partition coefficient (Wildman–Crippen LogP) is 1.59. The Morgan fingerprint density at radius 3 is 2.29 bits per heavy atom.